The van der Waals surface area contributed by atoms with Crippen molar-refractivity contribution in [3.05, 3.63) is 23.3 Å². The average molecular weight is 489 g/mol. The van der Waals surface area contributed by atoms with Gasteiger partial charge < -0.3 is 29.9 Å². The number of benzene rings is 1. The van der Waals surface area contributed by atoms with Gasteiger partial charge in [0.05, 0.1) is 12.3 Å². The number of anilines is 1. The summed E-state index contributed by atoms with van der Waals surface area (Å²) in [6.07, 6.45) is 2.41. The van der Waals surface area contributed by atoms with Gasteiger partial charge in [0.25, 0.3) is 11.8 Å². The van der Waals surface area contributed by atoms with Crippen molar-refractivity contribution in [3.8, 4) is 5.75 Å². The SMILES string of the molecule is CC.CCC(=O)NCCN1C(=O)C(COC)Oc2cc3c(cc21)C(=O)N(C1CCCNC1)C(C)C3. The number of methoxy groups -OCH3 is 1. The van der Waals surface area contributed by atoms with E-state index in [4.69, 9.17) is 9.47 Å². The second kappa shape index (κ2) is 12.4. The highest BCUT2D eigenvalue weighted by atomic mass is 16.5. The number of nitrogens with one attached hydrogen (secondary N) is 2. The maximum absolute atomic E-state index is 13.6. The van der Waals surface area contributed by atoms with Crippen molar-refractivity contribution >= 4 is 23.4 Å². The topological polar surface area (TPSA) is 100 Å². The molecule has 0 spiro atoms. The number of nitrogens with zero attached hydrogens (tertiary/aromatic N) is 2. The summed E-state index contributed by atoms with van der Waals surface area (Å²) in [4.78, 5) is 42.0. The van der Waals surface area contributed by atoms with Crippen LogP contribution in [0.4, 0.5) is 5.69 Å². The van der Waals surface area contributed by atoms with Gasteiger partial charge in [0.1, 0.15) is 5.75 Å². The molecular formula is C26H40N4O5. The number of piperidine rings is 1. The zero-order valence-corrected chi connectivity index (χ0v) is 21.7. The zero-order valence-electron chi connectivity index (χ0n) is 21.7. The number of fused-ring (bicyclic) bond motifs is 2. The van der Waals surface area contributed by atoms with Crippen LogP contribution >= 0.6 is 0 Å². The first-order valence-electron chi connectivity index (χ1n) is 12.9. The van der Waals surface area contributed by atoms with Gasteiger partial charge in [0, 0.05) is 50.8 Å². The van der Waals surface area contributed by atoms with Gasteiger partial charge in [-0.2, -0.15) is 0 Å². The Balaban J connectivity index is 0.00000167. The van der Waals surface area contributed by atoms with E-state index in [1.807, 2.05) is 24.8 Å². The maximum atomic E-state index is 13.6. The third-order valence-electron chi connectivity index (χ3n) is 6.70. The molecular weight excluding hydrogens is 448 g/mol. The summed E-state index contributed by atoms with van der Waals surface area (Å²) in [6, 6.07) is 3.97. The van der Waals surface area contributed by atoms with Crippen LogP contribution in [-0.2, 0) is 20.7 Å². The number of hydrogen-bond acceptors (Lipinski definition) is 6. The molecule has 1 aromatic rings. The first kappa shape index (κ1) is 26.9. The van der Waals surface area contributed by atoms with E-state index < -0.39 is 6.10 Å². The van der Waals surface area contributed by atoms with E-state index in [2.05, 4.69) is 17.6 Å². The molecule has 3 atom stereocenters. The van der Waals surface area contributed by atoms with Crippen molar-refractivity contribution < 1.29 is 23.9 Å². The Morgan fingerprint density at radius 2 is 2.06 bits per heavy atom. The molecule has 0 radical (unpaired) electrons. The molecule has 0 saturated carbocycles. The van der Waals surface area contributed by atoms with Crippen molar-refractivity contribution in [1.82, 2.24) is 15.5 Å². The molecule has 0 aliphatic carbocycles. The summed E-state index contributed by atoms with van der Waals surface area (Å²) < 4.78 is 11.2. The quantitative estimate of drug-likeness (QED) is 0.610. The van der Waals surface area contributed by atoms with Crippen LogP contribution in [0.2, 0.25) is 0 Å². The summed E-state index contributed by atoms with van der Waals surface area (Å²) in [6.45, 7) is 10.4. The van der Waals surface area contributed by atoms with Gasteiger partial charge in [0.15, 0.2) is 0 Å². The predicted octanol–water partition coefficient (Wildman–Crippen LogP) is 2.12. The Morgan fingerprint density at radius 3 is 2.71 bits per heavy atom. The van der Waals surface area contributed by atoms with Crippen molar-refractivity contribution in [1.29, 1.82) is 0 Å². The standard InChI is InChI=1S/C24H34N4O5.C2H6/c1-4-22(29)26-8-9-27-19-12-18-16(11-20(19)33-21(14-32-3)24(27)31)10-15(2)28(23(18)30)17-6-5-7-25-13-17;1-2/h11-12,15,17,21,25H,4-10,13-14H2,1-3H3,(H,26,29);1-2H3. The highest BCUT2D eigenvalue weighted by molar-refractivity contribution is 6.04. The normalized spacial score (nSPS) is 23.5. The molecule has 1 saturated heterocycles. The highest BCUT2D eigenvalue weighted by Gasteiger charge is 2.39. The number of ether oxygens (including phenoxy) is 2. The van der Waals surface area contributed by atoms with Crippen LogP contribution in [-0.4, -0.2) is 80.7 Å². The number of hydrogen-bond donors (Lipinski definition) is 2. The molecule has 35 heavy (non-hydrogen) atoms. The molecule has 9 heteroatoms. The average Bonchev–Trinajstić information content (AvgIpc) is 2.87. The fraction of sp³-hybridized carbons (Fsp3) is 0.654. The number of rotatable bonds is 7. The predicted molar refractivity (Wildman–Crippen MR) is 135 cm³/mol. The lowest BCUT2D eigenvalue weighted by Gasteiger charge is -2.43. The molecule has 3 amide bonds. The van der Waals surface area contributed by atoms with Crippen molar-refractivity contribution in [2.24, 2.45) is 0 Å². The molecule has 4 rings (SSSR count). The third kappa shape index (κ3) is 5.78. The van der Waals surface area contributed by atoms with Crippen LogP contribution in [0.25, 0.3) is 0 Å². The second-order valence-electron chi connectivity index (χ2n) is 9.00. The Morgan fingerprint density at radius 1 is 1.29 bits per heavy atom. The Labute approximate surface area is 208 Å². The van der Waals surface area contributed by atoms with Crippen LogP contribution in [0.15, 0.2) is 12.1 Å². The molecule has 0 bridgehead atoms. The minimum Gasteiger partial charge on any atom is -0.476 e. The van der Waals surface area contributed by atoms with E-state index in [1.165, 1.54) is 7.11 Å². The van der Waals surface area contributed by atoms with Crippen molar-refractivity contribution in [3.63, 3.8) is 0 Å². The van der Waals surface area contributed by atoms with Crippen molar-refractivity contribution in [2.75, 3.05) is 44.8 Å². The highest BCUT2D eigenvalue weighted by Crippen LogP contribution is 2.39. The monoisotopic (exact) mass is 488 g/mol. The molecule has 1 fully saturated rings. The lowest BCUT2D eigenvalue weighted by molar-refractivity contribution is -0.129. The fourth-order valence-electron chi connectivity index (χ4n) is 5.05. The van der Waals surface area contributed by atoms with E-state index in [0.29, 0.717) is 36.5 Å². The molecule has 2 N–H and O–H groups in total. The van der Waals surface area contributed by atoms with Crippen LogP contribution < -0.4 is 20.3 Å². The lowest BCUT2D eigenvalue weighted by atomic mass is 9.90. The van der Waals surface area contributed by atoms with Crippen LogP contribution in [0.5, 0.6) is 5.75 Å². The van der Waals surface area contributed by atoms with E-state index in [0.717, 1.165) is 37.9 Å². The Bertz CT molecular complexity index is 915. The van der Waals surface area contributed by atoms with Crippen LogP contribution in [0.3, 0.4) is 0 Å². The fourth-order valence-corrected chi connectivity index (χ4v) is 5.05. The summed E-state index contributed by atoms with van der Waals surface area (Å²) in [5.41, 5.74) is 2.14. The van der Waals surface area contributed by atoms with Crippen LogP contribution in [0.1, 0.15) is 62.9 Å². The molecule has 3 heterocycles. The molecule has 3 aliphatic rings. The minimum absolute atomic E-state index is 0.00551. The Kier molecular flexibility index (Phi) is 9.51. The smallest absolute Gasteiger partial charge is 0.270 e. The lowest BCUT2D eigenvalue weighted by Crippen LogP contribution is -2.55. The van der Waals surface area contributed by atoms with Gasteiger partial charge in [-0.05, 0) is 50.4 Å². The summed E-state index contributed by atoms with van der Waals surface area (Å²) in [5, 5.41) is 6.22. The summed E-state index contributed by atoms with van der Waals surface area (Å²) in [5.74, 6) is 0.270. The molecule has 1 aromatic carbocycles. The molecule has 9 nitrogen and oxygen atoms in total. The third-order valence-corrected chi connectivity index (χ3v) is 6.70. The molecule has 3 aliphatic heterocycles. The van der Waals surface area contributed by atoms with E-state index in [-0.39, 0.29) is 36.4 Å². The summed E-state index contributed by atoms with van der Waals surface area (Å²) in [7, 11) is 1.53. The van der Waals surface area contributed by atoms with Gasteiger partial charge in [-0.1, -0.05) is 20.8 Å². The maximum Gasteiger partial charge on any atom is 0.270 e. The number of carbonyl (C=O) groups excluding carboxylic acids is 3. The van der Waals surface area contributed by atoms with Gasteiger partial charge in [-0.25, -0.2) is 0 Å². The van der Waals surface area contributed by atoms with Crippen LogP contribution in [0, 0.1) is 0 Å². The van der Waals surface area contributed by atoms with Gasteiger partial charge >= 0.3 is 0 Å². The van der Waals surface area contributed by atoms with E-state index in [9.17, 15) is 14.4 Å². The molecule has 0 aromatic heterocycles. The van der Waals surface area contributed by atoms with Gasteiger partial charge in [-0.3, -0.25) is 14.4 Å². The molecule has 3 unspecified atom stereocenters. The molecule has 194 valence electrons. The summed E-state index contributed by atoms with van der Waals surface area (Å²) >= 11 is 0. The second-order valence-corrected chi connectivity index (χ2v) is 9.00. The zero-order chi connectivity index (χ0) is 25.5. The van der Waals surface area contributed by atoms with Gasteiger partial charge in [-0.15, -0.1) is 0 Å². The Hall–Kier alpha value is -2.65. The number of carbonyl (C=O) groups is 3. The van der Waals surface area contributed by atoms with Crippen molar-refractivity contribution in [2.45, 2.75) is 71.6 Å². The largest absolute Gasteiger partial charge is 0.476 e. The van der Waals surface area contributed by atoms with E-state index >= 15 is 0 Å². The van der Waals surface area contributed by atoms with E-state index in [1.54, 1.807) is 17.9 Å². The number of amides is 3. The first-order chi connectivity index (χ1) is 16.9. The van der Waals surface area contributed by atoms with Gasteiger partial charge in [0.2, 0.25) is 12.0 Å². The first-order valence-corrected chi connectivity index (χ1v) is 12.9. The minimum atomic E-state index is -0.760.